The average Bonchev–Trinajstić information content (AvgIpc) is 2.96. The Labute approximate surface area is 159 Å². The second-order valence-electron chi connectivity index (χ2n) is 6.39. The van der Waals surface area contributed by atoms with E-state index in [1.165, 1.54) is 6.42 Å². The zero-order valence-corrected chi connectivity index (χ0v) is 16.7. The molecule has 2 aliphatic heterocycles. The highest BCUT2D eigenvalue weighted by atomic mass is 35.5. The first-order valence-electron chi connectivity index (χ1n) is 8.05. The lowest BCUT2D eigenvalue weighted by Gasteiger charge is -2.36. The van der Waals surface area contributed by atoms with Crippen molar-refractivity contribution in [3.05, 3.63) is 0 Å². The fraction of sp³-hybridized carbons (Fsp3) is 0.933. The maximum atomic E-state index is 11.9. The number of rotatable bonds is 6. The molecule has 1 amide bonds. The highest BCUT2D eigenvalue weighted by Crippen LogP contribution is 2.14. The molecule has 0 aliphatic carbocycles. The summed E-state index contributed by atoms with van der Waals surface area (Å²) >= 11 is 0. The zero-order chi connectivity index (χ0) is 14.4. The summed E-state index contributed by atoms with van der Waals surface area (Å²) in [5.41, 5.74) is 0. The molecule has 0 aromatic heterocycles. The van der Waals surface area contributed by atoms with Crippen molar-refractivity contribution in [1.29, 1.82) is 0 Å². The molecule has 0 radical (unpaired) electrons. The number of carbonyl (C=O) groups excluding carboxylic acids is 1. The first kappa shape index (κ1) is 25.5. The van der Waals surface area contributed by atoms with Gasteiger partial charge in [-0.15, -0.1) is 37.2 Å². The number of piperazine rings is 1. The van der Waals surface area contributed by atoms with Crippen molar-refractivity contribution in [2.45, 2.75) is 32.2 Å². The molecule has 0 aromatic carbocycles. The molecule has 2 atom stereocenters. The Bertz CT molecular complexity index is 309. The van der Waals surface area contributed by atoms with Gasteiger partial charge in [0.05, 0.1) is 0 Å². The minimum Gasteiger partial charge on any atom is -0.355 e. The molecular formula is C15H33Cl3N4O. The number of likely N-dealkylation sites (N-methyl/N-ethyl adjacent to an activating group) is 1. The Morgan fingerprint density at radius 1 is 1.22 bits per heavy atom. The summed E-state index contributed by atoms with van der Waals surface area (Å²) in [6.07, 6.45) is 2.94. The van der Waals surface area contributed by atoms with Crippen LogP contribution < -0.4 is 10.6 Å². The first-order chi connectivity index (χ1) is 9.65. The Balaban J connectivity index is 0. The molecule has 2 aliphatic rings. The van der Waals surface area contributed by atoms with Crippen LogP contribution in [0.4, 0.5) is 0 Å². The maximum absolute atomic E-state index is 11.9. The molecule has 2 heterocycles. The van der Waals surface area contributed by atoms with Crippen LogP contribution in [0.3, 0.4) is 0 Å². The average molecular weight is 392 g/mol. The lowest BCUT2D eigenvalue weighted by atomic mass is 10.0. The fourth-order valence-corrected chi connectivity index (χ4v) is 3.04. The number of nitrogens with zero attached hydrogens (tertiary/aromatic N) is 2. The molecule has 0 saturated carbocycles. The van der Waals surface area contributed by atoms with Gasteiger partial charge in [0.15, 0.2) is 0 Å². The van der Waals surface area contributed by atoms with E-state index in [0.717, 1.165) is 52.2 Å². The van der Waals surface area contributed by atoms with E-state index in [0.29, 0.717) is 18.4 Å². The number of amides is 1. The monoisotopic (exact) mass is 390 g/mol. The van der Waals surface area contributed by atoms with E-state index >= 15 is 0 Å². The number of hydrogen-bond donors (Lipinski definition) is 2. The van der Waals surface area contributed by atoms with Crippen LogP contribution in [0.15, 0.2) is 0 Å². The zero-order valence-electron chi connectivity index (χ0n) is 14.3. The van der Waals surface area contributed by atoms with Crippen molar-refractivity contribution >= 4 is 43.1 Å². The molecule has 2 rings (SSSR count). The Kier molecular flexibility index (Phi) is 14.9. The van der Waals surface area contributed by atoms with Gasteiger partial charge >= 0.3 is 0 Å². The molecule has 8 heteroatoms. The van der Waals surface area contributed by atoms with Crippen molar-refractivity contribution in [3.63, 3.8) is 0 Å². The van der Waals surface area contributed by atoms with Crippen LogP contribution in [0.2, 0.25) is 0 Å². The number of nitrogens with one attached hydrogen (secondary N) is 2. The highest BCUT2D eigenvalue weighted by Gasteiger charge is 2.20. The van der Waals surface area contributed by atoms with Gasteiger partial charge < -0.3 is 15.5 Å². The van der Waals surface area contributed by atoms with Crippen molar-refractivity contribution in [3.8, 4) is 0 Å². The number of halogens is 3. The molecule has 0 aromatic rings. The van der Waals surface area contributed by atoms with Crippen LogP contribution >= 0.6 is 37.2 Å². The first-order valence-corrected chi connectivity index (χ1v) is 8.05. The lowest BCUT2D eigenvalue weighted by molar-refractivity contribution is -0.121. The third-order valence-electron chi connectivity index (χ3n) is 4.70. The van der Waals surface area contributed by atoms with Crippen LogP contribution in [0.5, 0.6) is 0 Å². The smallest absolute Gasteiger partial charge is 0.220 e. The quantitative estimate of drug-likeness (QED) is 0.718. The van der Waals surface area contributed by atoms with E-state index in [1.54, 1.807) is 0 Å². The van der Waals surface area contributed by atoms with Gasteiger partial charge in [0.25, 0.3) is 0 Å². The minimum absolute atomic E-state index is 0. The highest BCUT2D eigenvalue weighted by molar-refractivity contribution is 5.86. The number of hydrogen-bond acceptors (Lipinski definition) is 4. The molecule has 2 unspecified atom stereocenters. The predicted molar refractivity (Wildman–Crippen MR) is 103 cm³/mol. The largest absolute Gasteiger partial charge is 0.355 e. The molecular weight excluding hydrogens is 359 g/mol. The summed E-state index contributed by atoms with van der Waals surface area (Å²) in [5, 5.41) is 6.45. The van der Waals surface area contributed by atoms with E-state index in [-0.39, 0.29) is 43.1 Å². The second kappa shape index (κ2) is 13.5. The van der Waals surface area contributed by atoms with Crippen molar-refractivity contribution in [1.82, 2.24) is 20.4 Å². The van der Waals surface area contributed by atoms with Gasteiger partial charge in [-0.1, -0.05) is 0 Å². The molecule has 5 nitrogen and oxygen atoms in total. The van der Waals surface area contributed by atoms with E-state index in [4.69, 9.17) is 0 Å². The lowest BCUT2D eigenvalue weighted by Crippen LogP contribution is -2.51. The van der Waals surface area contributed by atoms with Gasteiger partial charge in [-0.05, 0) is 45.8 Å². The molecule has 2 N–H and O–H groups in total. The van der Waals surface area contributed by atoms with Gasteiger partial charge in [-0.3, -0.25) is 9.69 Å². The molecule has 0 spiro atoms. The standard InChI is InChI=1S/C15H30N4O.3ClH/c1-13(19-9-7-18(2)8-10-19)11-17-15(20)4-3-14-5-6-16-12-14;;;/h13-14,16H,3-12H2,1-2H3,(H,17,20);3*1H. The Morgan fingerprint density at radius 3 is 2.43 bits per heavy atom. The second-order valence-corrected chi connectivity index (χ2v) is 6.39. The van der Waals surface area contributed by atoms with Gasteiger partial charge in [0.1, 0.15) is 0 Å². The van der Waals surface area contributed by atoms with Gasteiger partial charge in [0.2, 0.25) is 5.91 Å². The number of carbonyl (C=O) groups is 1. The third-order valence-corrected chi connectivity index (χ3v) is 4.70. The Morgan fingerprint density at radius 2 is 1.87 bits per heavy atom. The summed E-state index contributed by atoms with van der Waals surface area (Å²) in [7, 11) is 2.17. The predicted octanol–water partition coefficient (Wildman–Crippen LogP) is 1.39. The fourth-order valence-electron chi connectivity index (χ4n) is 3.04. The van der Waals surface area contributed by atoms with Crippen LogP contribution in [0.1, 0.15) is 26.2 Å². The SMILES string of the molecule is CC(CNC(=O)CCC1CCNC1)N1CCN(C)CC1.Cl.Cl.Cl. The Hall–Kier alpha value is 0.220. The van der Waals surface area contributed by atoms with Crippen molar-refractivity contribution in [2.75, 3.05) is 52.9 Å². The summed E-state index contributed by atoms with van der Waals surface area (Å²) < 4.78 is 0. The minimum atomic E-state index is 0. The summed E-state index contributed by atoms with van der Waals surface area (Å²) in [4.78, 5) is 16.7. The van der Waals surface area contributed by atoms with Gasteiger partial charge in [0, 0.05) is 45.2 Å². The molecule has 140 valence electrons. The maximum Gasteiger partial charge on any atom is 0.220 e. The molecule has 0 bridgehead atoms. The van der Waals surface area contributed by atoms with Gasteiger partial charge in [-0.25, -0.2) is 0 Å². The van der Waals surface area contributed by atoms with Crippen LogP contribution in [-0.2, 0) is 4.79 Å². The summed E-state index contributed by atoms with van der Waals surface area (Å²) in [6, 6.07) is 0.445. The van der Waals surface area contributed by atoms with Crippen LogP contribution in [0, 0.1) is 5.92 Å². The summed E-state index contributed by atoms with van der Waals surface area (Å²) in [5.74, 6) is 0.925. The van der Waals surface area contributed by atoms with Crippen molar-refractivity contribution in [2.24, 2.45) is 5.92 Å². The van der Waals surface area contributed by atoms with Gasteiger partial charge in [-0.2, -0.15) is 0 Å². The van der Waals surface area contributed by atoms with E-state index in [1.807, 2.05) is 0 Å². The van der Waals surface area contributed by atoms with Crippen LogP contribution in [0.25, 0.3) is 0 Å². The molecule has 2 saturated heterocycles. The molecule has 2 fully saturated rings. The topological polar surface area (TPSA) is 47.6 Å². The van der Waals surface area contributed by atoms with Crippen molar-refractivity contribution < 1.29 is 4.79 Å². The van der Waals surface area contributed by atoms with E-state index in [9.17, 15) is 4.79 Å². The third kappa shape index (κ3) is 9.32. The van der Waals surface area contributed by atoms with Crippen LogP contribution in [-0.4, -0.2) is 74.6 Å². The molecule has 23 heavy (non-hydrogen) atoms. The van der Waals surface area contributed by atoms with E-state index < -0.39 is 0 Å². The summed E-state index contributed by atoms with van der Waals surface area (Å²) in [6.45, 7) is 9.69. The van der Waals surface area contributed by atoms with E-state index in [2.05, 4.69) is 34.4 Å². The normalized spacial score (nSPS) is 23.1.